The van der Waals surface area contributed by atoms with Crippen LogP contribution in [0.3, 0.4) is 0 Å². The fraction of sp³-hybridized carbons (Fsp3) is 0.708. The van der Waals surface area contributed by atoms with Crippen molar-refractivity contribution in [1.29, 1.82) is 0 Å². The molecule has 2 aliphatic heterocycles. The van der Waals surface area contributed by atoms with E-state index in [4.69, 9.17) is 9.72 Å². The molecule has 3 atom stereocenters. The minimum atomic E-state index is 0.0896. The first-order chi connectivity index (χ1) is 16.1. The number of piperidine rings is 1. The molecule has 2 aromatic rings. The maximum atomic E-state index is 13.1. The molecule has 3 fully saturated rings. The molecular formula is C24H36N6O2S. The van der Waals surface area contributed by atoms with Crippen LogP contribution < -0.4 is 15.6 Å². The van der Waals surface area contributed by atoms with E-state index in [0.29, 0.717) is 24.0 Å². The molecule has 2 N–H and O–H groups in total. The molecule has 33 heavy (non-hydrogen) atoms. The summed E-state index contributed by atoms with van der Waals surface area (Å²) in [5.74, 6) is 1.13. The minimum Gasteiger partial charge on any atom is -0.377 e. The molecule has 5 rings (SSSR count). The summed E-state index contributed by atoms with van der Waals surface area (Å²) in [5, 5.41) is 4.49. The Morgan fingerprint density at radius 2 is 2.03 bits per heavy atom. The maximum absolute atomic E-state index is 13.1. The van der Waals surface area contributed by atoms with Crippen LogP contribution in [-0.4, -0.2) is 57.2 Å². The van der Waals surface area contributed by atoms with Gasteiger partial charge < -0.3 is 10.1 Å². The predicted molar refractivity (Wildman–Crippen MR) is 133 cm³/mol. The number of anilines is 1. The number of aromatic nitrogens is 3. The second-order valence-corrected chi connectivity index (χ2v) is 10.9. The van der Waals surface area contributed by atoms with E-state index in [9.17, 15) is 4.79 Å². The monoisotopic (exact) mass is 472 g/mol. The highest BCUT2D eigenvalue weighted by Gasteiger charge is 2.28. The van der Waals surface area contributed by atoms with Crippen molar-refractivity contribution in [2.45, 2.75) is 77.0 Å². The third kappa shape index (κ3) is 5.21. The lowest BCUT2D eigenvalue weighted by atomic mass is 10.1. The Bertz CT molecular complexity index is 1020. The number of hydrogen-bond acceptors (Lipinski definition) is 8. The third-order valence-electron chi connectivity index (χ3n) is 7.42. The van der Waals surface area contributed by atoms with Crippen LogP contribution in [0.25, 0.3) is 11.0 Å². The van der Waals surface area contributed by atoms with Crippen molar-refractivity contribution in [3.63, 3.8) is 0 Å². The van der Waals surface area contributed by atoms with E-state index in [1.54, 1.807) is 12.1 Å². The summed E-state index contributed by atoms with van der Waals surface area (Å²) < 4.78 is 13.5. The summed E-state index contributed by atoms with van der Waals surface area (Å²) in [5.41, 5.74) is 1.63. The molecule has 0 bridgehead atoms. The second-order valence-electron chi connectivity index (χ2n) is 9.87. The topological polar surface area (TPSA) is 84.3 Å². The molecule has 2 saturated heterocycles. The van der Waals surface area contributed by atoms with Gasteiger partial charge in [0.15, 0.2) is 0 Å². The summed E-state index contributed by atoms with van der Waals surface area (Å²) in [7, 11) is 0. The van der Waals surface area contributed by atoms with Gasteiger partial charge in [0.05, 0.1) is 6.10 Å². The van der Waals surface area contributed by atoms with E-state index in [0.717, 1.165) is 62.1 Å². The van der Waals surface area contributed by atoms with Crippen LogP contribution in [0.5, 0.6) is 0 Å². The largest absolute Gasteiger partial charge is 0.377 e. The molecule has 9 heteroatoms. The number of nitrogens with zero attached hydrogens (tertiary/aromatic N) is 4. The first kappa shape index (κ1) is 23.1. The van der Waals surface area contributed by atoms with E-state index in [1.807, 2.05) is 23.8 Å². The van der Waals surface area contributed by atoms with Gasteiger partial charge in [-0.15, -0.1) is 0 Å². The van der Waals surface area contributed by atoms with E-state index >= 15 is 0 Å². The summed E-state index contributed by atoms with van der Waals surface area (Å²) in [6, 6.07) is 2.50. The molecule has 3 unspecified atom stereocenters. The van der Waals surface area contributed by atoms with Gasteiger partial charge in [-0.1, -0.05) is 13.3 Å². The molecule has 4 heterocycles. The van der Waals surface area contributed by atoms with Gasteiger partial charge in [-0.05, 0) is 57.4 Å². The number of pyridine rings is 1. The van der Waals surface area contributed by atoms with Crippen molar-refractivity contribution in [2.75, 3.05) is 31.6 Å². The summed E-state index contributed by atoms with van der Waals surface area (Å²) >= 11 is 1.72. The molecule has 2 aromatic heterocycles. The van der Waals surface area contributed by atoms with Gasteiger partial charge in [-0.2, -0.15) is 4.98 Å². The molecule has 0 amide bonds. The van der Waals surface area contributed by atoms with Crippen molar-refractivity contribution >= 4 is 29.1 Å². The van der Waals surface area contributed by atoms with Gasteiger partial charge in [-0.25, -0.2) is 14.0 Å². The molecule has 0 radical (unpaired) electrons. The first-order valence-corrected chi connectivity index (χ1v) is 13.3. The number of nitrogens with one attached hydrogen (secondary N) is 2. The third-order valence-corrected chi connectivity index (χ3v) is 8.34. The van der Waals surface area contributed by atoms with Crippen LogP contribution in [0.1, 0.15) is 63.5 Å². The second kappa shape index (κ2) is 10.3. The Kier molecular flexibility index (Phi) is 7.20. The van der Waals surface area contributed by atoms with E-state index in [-0.39, 0.29) is 11.6 Å². The van der Waals surface area contributed by atoms with E-state index < -0.39 is 0 Å². The summed E-state index contributed by atoms with van der Waals surface area (Å²) in [4.78, 5) is 22.5. The van der Waals surface area contributed by atoms with Crippen LogP contribution in [0, 0.1) is 12.8 Å². The van der Waals surface area contributed by atoms with Gasteiger partial charge in [0.1, 0.15) is 5.65 Å². The quantitative estimate of drug-likeness (QED) is 0.591. The van der Waals surface area contributed by atoms with Crippen molar-refractivity contribution < 1.29 is 4.74 Å². The molecule has 0 spiro atoms. The van der Waals surface area contributed by atoms with Gasteiger partial charge in [0, 0.05) is 67.6 Å². The minimum absolute atomic E-state index is 0.0896. The van der Waals surface area contributed by atoms with Gasteiger partial charge in [0.2, 0.25) is 5.95 Å². The maximum Gasteiger partial charge on any atom is 0.255 e. The number of ether oxygens (including phenoxy) is 1. The average molecular weight is 473 g/mol. The highest BCUT2D eigenvalue weighted by molar-refractivity contribution is 7.95. The Labute approximate surface area is 200 Å². The molecule has 8 nitrogen and oxygen atoms in total. The Morgan fingerprint density at radius 3 is 2.76 bits per heavy atom. The molecule has 1 aliphatic carbocycles. The predicted octanol–water partition coefficient (Wildman–Crippen LogP) is 3.67. The lowest BCUT2D eigenvalue weighted by Crippen LogP contribution is -2.38. The number of fused-ring (bicyclic) bond motifs is 1. The zero-order chi connectivity index (χ0) is 22.8. The van der Waals surface area contributed by atoms with Crippen LogP contribution in [-0.2, 0) is 4.74 Å². The Morgan fingerprint density at radius 1 is 1.18 bits per heavy atom. The molecular weight excluding hydrogens is 436 g/mol. The lowest BCUT2D eigenvalue weighted by molar-refractivity contribution is 0.115. The van der Waals surface area contributed by atoms with Gasteiger partial charge in [0.25, 0.3) is 5.56 Å². The van der Waals surface area contributed by atoms with Crippen LogP contribution in [0.2, 0.25) is 0 Å². The lowest BCUT2D eigenvalue weighted by Gasteiger charge is -2.31. The first-order valence-electron chi connectivity index (χ1n) is 12.5. The number of rotatable bonds is 7. The highest BCUT2D eigenvalue weighted by atomic mass is 32.2. The van der Waals surface area contributed by atoms with Crippen molar-refractivity contribution in [1.82, 2.24) is 23.6 Å². The van der Waals surface area contributed by atoms with Gasteiger partial charge >= 0.3 is 0 Å². The zero-order valence-corrected chi connectivity index (χ0v) is 20.6. The molecule has 3 aliphatic rings. The average Bonchev–Trinajstić information content (AvgIpc) is 3.48. The normalized spacial score (nSPS) is 26.9. The van der Waals surface area contributed by atoms with Crippen molar-refractivity contribution in [2.24, 2.45) is 5.92 Å². The highest BCUT2D eigenvalue weighted by Crippen LogP contribution is 2.36. The standard InChI is InChI=1S/C24H36N6O2S/c1-16-5-3-7-21(16)30-22-18(13-17(2)23(30)31)14-25-24(28-22)27-19-8-10-29(11-9-19)33-26-15-20-6-4-12-32-20/h13-14,16,19-21,26H,3-12,15H2,1-2H3,(H,25,27,28). The Balaban J connectivity index is 1.22. The molecule has 0 aromatic carbocycles. The fourth-order valence-electron chi connectivity index (χ4n) is 5.45. The SMILES string of the molecule is Cc1cc2cnc(NC3CCN(SNCC4CCCO4)CC3)nc2n(C2CCCC2C)c1=O. The molecule has 1 saturated carbocycles. The molecule has 180 valence electrons. The van der Waals surface area contributed by atoms with Crippen molar-refractivity contribution in [3.8, 4) is 0 Å². The smallest absolute Gasteiger partial charge is 0.255 e. The van der Waals surface area contributed by atoms with E-state index in [1.165, 1.54) is 25.7 Å². The van der Waals surface area contributed by atoms with Crippen molar-refractivity contribution in [3.05, 3.63) is 28.2 Å². The number of aryl methyl sites for hydroxylation is 1. The van der Waals surface area contributed by atoms with Crippen LogP contribution in [0.15, 0.2) is 17.1 Å². The summed E-state index contributed by atoms with van der Waals surface area (Å²) in [6.07, 6.45) is 10.0. The van der Waals surface area contributed by atoms with Gasteiger partial charge in [-0.3, -0.25) is 9.36 Å². The zero-order valence-electron chi connectivity index (χ0n) is 19.8. The van der Waals surface area contributed by atoms with E-state index in [2.05, 4.69) is 26.3 Å². The Hall–Kier alpha value is -1.68. The fourth-order valence-corrected chi connectivity index (χ4v) is 6.28. The van der Waals surface area contributed by atoms with Crippen LogP contribution >= 0.6 is 12.1 Å². The summed E-state index contributed by atoms with van der Waals surface area (Å²) in [6.45, 7) is 7.98. The number of hydrogen-bond donors (Lipinski definition) is 2. The van der Waals surface area contributed by atoms with Crippen LogP contribution in [0.4, 0.5) is 5.95 Å².